The predicted molar refractivity (Wildman–Crippen MR) is 225 cm³/mol. The lowest BCUT2D eigenvalue weighted by Crippen LogP contribution is -2.55. The van der Waals surface area contributed by atoms with Crippen LogP contribution in [0.1, 0.15) is 78.0 Å². The van der Waals surface area contributed by atoms with Crippen LogP contribution in [0.15, 0.2) is 73.1 Å². The van der Waals surface area contributed by atoms with Gasteiger partial charge >= 0.3 is 12.2 Å². The molecule has 59 heavy (non-hydrogen) atoms. The maximum Gasteiger partial charge on any atom is 0.407 e. The lowest BCUT2D eigenvalue weighted by atomic mass is 9.95. The van der Waals surface area contributed by atoms with Crippen LogP contribution in [0, 0.1) is 11.8 Å². The van der Waals surface area contributed by atoms with Crippen LogP contribution in [0.4, 0.5) is 9.59 Å². The number of H-pyrrole nitrogens is 2. The van der Waals surface area contributed by atoms with E-state index in [4.69, 9.17) is 19.4 Å². The van der Waals surface area contributed by atoms with Crippen molar-refractivity contribution in [2.75, 3.05) is 27.3 Å². The number of benzene rings is 3. The van der Waals surface area contributed by atoms with Crippen LogP contribution in [0.25, 0.3) is 44.4 Å². The van der Waals surface area contributed by atoms with Crippen LogP contribution < -0.4 is 10.6 Å². The summed E-state index contributed by atoms with van der Waals surface area (Å²) in [4.78, 5) is 71.5. The fourth-order valence-electron chi connectivity index (χ4n) is 8.45. The fraction of sp³-hybridized carbons (Fsp3) is 0.422. The molecule has 0 radical (unpaired) electrons. The Morgan fingerprint density at radius 1 is 0.712 bits per heavy atom. The maximum atomic E-state index is 13.8. The quantitative estimate of drug-likeness (QED) is 0.106. The fourth-order valence-corrected chi connectivity index (χ4v) is 8.45. The summed E-state index contributed by atoms with van der Waals surface area (Å²) in [6.07, 6.45) is 5.59. The maximum absolute atomic E-state index is 13.8. The first-order valence-electron chi connectivity index (χ1n) is 20.4. The average molecular weight is 803 g/mol. The third-order valence-corrected chi connectivity index (χ3v) is 11.9. The summed E-state index contributed by atoms with van der Waals surface area (Å²) < 4.78 is 9.56. The van der Waals surface area contributed by atoms with E-state index in [9.17, 15) is 19.2 Å². The number of hydrogen-bond acceptors (Lipinski definition) is 8. The van der Waals surface area contributed by atoms with Crippen LogP contribution in [-0.4, -0.2) is 93.1 Å². The number of aromatic amines is 2. The Labute approximate surface area is 344 Å². The van der Waals surface area contributed by atoms with Gasteiger partial charge < -0.3 is 39.9 Å². The van der Waals surface area contributed by atoms with Crippen LogP contribution in [0.5, 0.6) is 0 Å². The minimum absolute atomic E-state index is 0.105. The summed E-state index contributed by atoms with van der Waals surface area (Å²) in [5.74, 6) is 0.927. The molecule has 3 aromatic carbocycles. The van der Waals surface area contributed by atoms with Gasteiger partial charge in [-0.15, -0.1) is 0 Å². The highest BCUT2D eigenvalue weighted by Crippen LogP contribution is 2.39. The zero-order valence-corrected chi connectivity index (χ0v) is 34.8. The van der Waals surface area contributed by atoms with E-state index in [1.165, 1.54) is 14.2 Å². The third kappa shape index (κ3) is 8.26. The molecule has 14 heteroatoms. The molecule has 7 rings (SSSR count). The number of amides is 4. The molecule has 0 bridgehead atoms. The van der Waals surface area contributed by atoms with Gasteiger partial charge in [0.05, 0.1) is 49.6 Å². The van der Waals surface area contributed by atoms with Crippen LogP contribution in [0.3, 0.4) is 0 Å². The van der Waals surface area contributed by atoms with Gasteiger partial charge in [-0.25, -0.2) is 19.6 Å². The van der Waals surface area contributed by atoms with E-state index < -0.39 is 29.8 Å². The Morgan fingerprint density at radius 2 is 1.27 bits per heavy atom. The van der Waals surface area contributed by atoms with Crippen molar-refractivity contribution < 1.29 is 28.7 Å². The van der Waals surface area contributed by atoms with Crippen molar-refractivity contribution in [1.82, 2.24) is 40.4 Å². The highest BCUT2D eigenvalue weighted by Gasteiger charge is 2.46. The molecule has 14 nitrogen and oxygen atoms in total. The molecule has 0 saturated carbocycles. The molecular formula is C45H54N8O6. The van der Waals surface area contributed by atoms with Crippen LogP contribution in [0.2, 0.25) is 0 Å². The van der Waals surface area contributed by atoms with E-state index in [0.29, 0.717) is 18.9 Å². The largest absolute Gasteiger partial charge is 0.453 e. The topological polar surface area (TPSA) is 175 Å². The van der Waals surface area contributed by atoms with Crippen molar-refractivity contribution in [2.24, 2.45) is 11.8 Å². The molecular weight excluding hydrogens is 749 g/mol. The van der Waals surface area contributed by atoms with Gasteiger partial charge in [-0.3, -0.25) is 9.59 Å². The Bertz CT molecular complexity index is 2330. The first-order chi connectivity index (χ1) is 28.3. The van der Waals surface area contributed by atoms with Crippen molar-refractivity contribution in [3.63, 3.8) is 0 Å². The number of likely N-dealkylation sites (tertiary alicyclic amines) is 2. The first-order valence-corrected chi connectivity index (χ1v) is 20.4. The van der Waals surface area contributed by atoms with E-state index in [0.717, 1.165) is 75.9 Å². The lowest BCUT2D eigenvalue weighted by Gasteiger charge is -2.37. The normalized spacial score (nSPS) is 19.0. The smallest absolute Gasteiger partial charge is 0.407 e. The van der Waals surface area contributed by atoms with E-state index in [1.807, 2.05) is 56.8 Å². The lowest BCUT2D eigenvalue weighted by molar-refractivity contribution is -0.138. The minimum atomic E-state index is -0.709. The van der Waals surface area contributed by atoms with Crippen molar-refractivity contribution in [3.8, 4) is 33.6 Å². The van der Waals surface area contributed by atoms with Crippen LogP contribution >= 0.6 is 0 Å². The number of nitrogens with zero attached hydrogens (tertiary/aromatic N) is 4. The molecule has 5 aromatic rings. The van der Waals surface area contributed by atoms with Crippen molar-refractivity contribution in [1.29, 1.82) is 0 Å². The van der Waals surface area contributed by atoms with Gasteiger partial charge in [0.15, 0.2) is 0 Å². The monoisotopic (exact) mass is 802 g/mol. The molecule has 4 unspecified atom stereocenters. The Morgan fingerprint density at radius 3 is 1.92 bits per heavy atom. The predicted octanol–water partition coefficient (Wildman–Crippen LogP) is 7.55. The molecule has 0 aliphatic carbocycles. The summed E-state index contributed by atoms with van der Waals surface area (Å²) in [5, 5.41) is 7.60. The van der Waals surface area contributed by atoms with Gasteiger partial charge in [-0.05, 0) is 84.0 Å². The van der Waals surface area contributed by atoms with E-state index in [1.54, 1.807) is 0 Å². The second-order valence-electron chi connectivity index (χ2n) is 16.5. The molecule has 2 aliphatic rings. The molecule has 4 heterocycles. The minimum Gasteiger partial charge on any atom is -0.453 e. The van der Waals surface area contributed by atoms with Gasteiger partial charge in [0, 0.05) is 18.7 Å². The number of rotatable bonds is 11. The Balaban J connectivity index is 1.04. The van der Waals surface area contributed by atoms with Crippen molar-refractivity contribution in [3.05, 3.63) is 84.7 Å². The molecule has 4 atom stereocenters. The molecule has 4 amide bonds. The van der Waals surface area contributed by atoms with Gasteiger partial charge in [0.25, 0.3) is 0 Å². The molecule has 2 aromatic heterocycles. The Hall–Kier alpha value is -6.18. The number of carbonyl (C=O) groups excluding carboxylic acids is 4. The zero-order chi connectivity index (χ0) is 42.0. The second kappa shape index (κ2) is 17.0. The summed E-state index contributed by atoms with van der Waals surface area (Å²) in [6, 6.07) is 19.5. The number of nitrogens with one attached hydrogen (secondary N) is 4. The third-order valence-electron chi connectivity index (χ3n) is 11.9. The second-order valence-corrected chi connectivity index (χ2v) is 16.5. The van der Waals surface area contributed by atoms with E-state index >= 15 is 0 Å². The van der Waals surface area contributed by atoms with Gasteiger partial charge in [0.2, 0.25) is 11.8 Å². The van der Waals surface area contributed by atoms with E-state index in [2.05, 4.69) is 81.3 Å². The summed E-state index contributed by atoms with van der Waals surface area (Å²) in [5.41, 5.74) is 5.21. The SMILES string of the molecule is COC(=O)NC(C(=O)N1CCCC1c1ncc(-c2ccc(-c3ccc4cc(-c5cnc(C6(C)CCCN6C(=O)C(NC(=O)OC)C(C)C)[nH]5)ccc4c3)cc2)[nH]1)C(C)C. The number of aromatic nitrogens is 4. The van der Waals surface area contributed by atoms with Crippen molar-refractivity contribution >= 4 is 34.8 Å². The zero-order valence-electron chi connectivity index (χ0n) is 34.8. The number of fused-ring (bicyclic) bond motifs is 1. The number of ether oxygens (including phenoxy) is 2. The molecule has 0 spiro atoms. The molecule has 310 valence electrons. The summed E-state index contributed by atoms with van der Waals surface area (Å²) in [7, 11) is 2.58. The van der Waals surface area contributed by atoms with E-state index in [-0.39, 0.29) is 29.7 Å². The van der Waals surface area contributed by atoms with Crippen molar-refractivity contribution in [2.45, 2.75) is 84.0 Å². The number of methoxy groups -OCH3 is 2. The van der Waals surface area contributed by atoms with Gasteiger partial charge in [0.1, 0.15) is 23.7 Å². The number of carbonyl (C=O) groups is 4. The summed E-state index contributed by atoms with van der Waals surface area (Å²) >= 11 is 0. The van der Waals surface area contributed by atoms with Gasteiger partial charge in [-0.1, -0.05) is 76.2 Å². The number of alkyl carbamates (subject to hydrolysis) is 2. The highest BCUT2D eigenvalue weighted by atomic mass is 16.5. The standard InChI is InChI=1S/C45H54N8O6/c1-26(2)37(50-43(56)58-6)40(54)52-20-8-10-36(52)39-46-24-34(48-39)29-13-11-28(12-14-29)30-15-16-32-23-33(18-17-31(32)22-30)35-25-47-42(49-35)45(5)19-9-21-53(45)41(55)38(27(3)4)51-44(57)59-7/h11-18,22-27,36-38H,8-10,19-21H2,1-7H3,(H,46,48)(H,47,49)(H,50,56)(H,51,57). The molecule has 2 saturated heterocycles. The highest BCUT2D eigenvalue weighted by molar-refractivity contribution is 5.91. The molecule has 2 fully saturated rings. The van der Waals surface area contributed by atoms with Crippen LogP contribution in [-0.2, 0) is 24.6 Å². The average Bonchev–Trinajstić information content (AvgIpc) is 4.08. The Kier molecular flexibility index (Phi) is 11.8. The molecule has 4 N–H and O–H groups in total. The summed E-state index contributed by atoms with van der Waals surface area (Å²) in [6.45, 7) is 10.8. The van der Waals surface area contributed by atoms with Gasteiger partial charge in [-0.2, -0.15) is 0 Å². The first kappa shape index (κ1) is 41.0. The number of hydrogen-bond donors (Lipinski definition) is 4. The number of imidazole rings is 2. The molecule has 2 aliphatic heterocycles.